The number of methoxy groups -OCH3 is 1. The van der Waals surface area contributed by atoms with Crippen molar-refractivity contribution in [3.8, 4) is 0 Å². The normalized spacial score (nSPS) is 18.8. The smallest absolute Gasteiger partial charge is 0.207 e. The van der Waals surface area contributed by atoms with Crippen molar-refractivity contribution in [2.45, 2.75) is 56.1 Å². The van der Waals surface area contributed by atoms with Gasteiger partial charge in [0.15, 0.2) is 0 Å². The van der Waals surface area contributed by atoms with Crippen LogP contribution < -0.4 is 16.0 Å². The van der Waals surface area contributed by atoms with Crippen LogP contribution in [-0.2, 0) is 14.3 Å². The summed E-state index contributed by atoms with van der Waals surface area (Å²) in [7, 11) is 3.51. The predicted molar refractivity (Wildman–Crippen MR) is 178 cm³/mol. The van der Waals surface area contributed by atoms with Gasteiger partial charge >= 0.3 is 0 Å². The Bertz CT molecular complexity index is 1320. The average Bonchev–Trinajstić information content (AvgIpc) is 3.54. The molecule has 2 fully saturated rings. The maximum absolute atomic E-state index is 15.4. The molecule has 2 aromatic carbocycles. The Morgan fingerprint density at radius 2 is 1.83 bits per heavy atom. The molecule has 250 valence electrons. The lowest BCUT2D eigenvalue weighted by Gasteiger charge is -2.52. The fourth-order valence-corrected chi connectivity index (χ4v) is 7.04. The topological polar surface area (TPSA) is 85.9 Å². The van der Waals surface area contributed by atoms with Crippen molar-refractivity contribution in [1.82, 2.24) is 25.8 Å². The van der Waals surface area contributed by atoms with Gasteiger partial charge in [0, 0.05) is 87.9 Å². The molecule has 1 heterocycles. The van der Waals surface area contributed by atoms with Gasteiger partial charge in [0.1, 0.15) is 17.9 Å². The number of amides is 1. The van der Waals surface area contributed by atoms with Crippen LogP contribution in [0.15, 0.2) is 66.3 Å². The number of rotatable bonds is 18. The maximum Gasteiger partial charge on any atom is 0.207 e. The fraction of sp³-hybridized carbons (Fsp3) is 0.500. The summed E-state index contributed by atoms with van der Waals surface area (Å²) in [5.74, 6) is -0.889. The van der Waals surface area contributed by atoms with Crippen LogP contribution >= 0.6 is 0 Å². The highest BCUT2D eigenvalue weighted by molar-refractivity contribution is 5.76. The van der Waals surface area contributed by atoms with Crippen LogP contribution in [0.2, 0.25) is 0 Å². The van der Waals surface area contributed by atoms with E-state index in [0.29, 0.717) is 76.3 Å². The summed E-state index contributed by atoms with van der Waals surface area (Å²) in [6.07, 6.45) is 10.8. The summed E-state index contributed by atoms with van der Waals surface area (Å²) >= 11 is 0. The number of halogens is 2. The zero-order valence-corrected chi connectivity index (χ0v) is 27.2. The van der Waals surface area contributed by atoms with E-state index in [1.54, 1.807) is 7.11 Å². The van der Waals surface area contributed by atoms with Crippen molar-refractivity contribution in [3.05, 3.63) is 89.0 Å². The number of hydrogen-bond donors (Lipinski definition) is 3. The first-order chi connectivity index (χ1) is 22.4. The molecule has 1 spiro atoms. The first kappa shape index (κ1) is 35.4. The van der Waals surface area contributed by atoms with E-state index in [-0.39, 0.29) is 17.6 Å². The highest BCUT2D eigenvalue weighted by atomic mass is 19.1. The molecule has 0 aromatic heterocycles. The third kappa shape index (κ3) is 9.54. The van der Waals surface area contributed by atoms with E-state index in [2.05, 4.69) is 25.8 Å². The molecule has 10 heteroatoms. The third-order valence-corrected chi connectivity index (χ3v) is 9.43. The molecule has 1 aliphatic carbocycles. The van der Waals surface area contributed by atoms with Crippen molar-refractivity contribution in [2.24, 2.45) is 0 Å². The summed E-state index contributed by atoms with van der Waals surface area (Å²) in [6, 6.07) is 13.3. The lowest BCUT2D eigenvalue weighted by Crippen LogP contribution is -2.62. The van der Waals surface area contributed by atoms with Gasteiger partial charge in [-0.2, -0.15) is 0 Å². The molecule has 46 heavy (non-hydrogen) atoms. The Balaban J connectivity index is 1.59. The Morgan fingerprint density at radius 1 is 1.04 bits per heavy atom. The van der Waals surface area contributed by atoms with Crippen LogP contribution in [0.25, 0.3) is 5.70 Å². The minimum absolute atomic E-state index is 0.0600. The Kier molecular flexibility index (Phi) is 13.9. The van der Waals surface area contributed by atoms with Crippen LogP contribution in [0.1, 0.15) is 55.7 Å². The van der Waals surface area contributed by atoms with Gasteiger partial charge in [-0.05, 0) is 55.5 Å². The minimum atomic E-state index is -0.465. The van der Waals surface area contributed by atoms with Crippen molar-refractivity contribution < 1.29 is 23.1 Å². The van der Waals surface area contributed by atoms with Gasteiger partial charge in [0.25, 0.3) is 0 Å². The first-order valence-electron chi connectivity index (χ1n) is 16.4. The van der Waals surface area contributed by atoms with E-state index in [1.807, 2.05) is 49.5 Å². The van der Waals surface area contributed by atoms with Crippen molar-refractivity contribution in [2.75, 3.05) is 60.0 Å². The fourth-order valence-electron chi connectivity index (χ4n) is 7.04. The highest BCUT2D eigenvalue weighted by Crippen LogP contribution is 2.42. The average molecular weight is 638 g/mol. The van der Waals surface area contributed by atoms with E-state index in [0.717, 1.165) is 49.3 Å². The van der Waals surface area contributed by atoms with Gasteiger partial charge in [-0.3, -0.25) is 19.4 Å². The molecule has 4 rings (SSSR count). The zero-order chi connectivity index (χ0) is 32.8. The van der Waals surface area contributed by atoms with Crippen LogP contribution in [0.4, 0.5) is 8.78 Å². The lowest BCUT2D eigenvalue weighted by molar-refractivity contribution is -0.109. The Hall–Kier alpha value is -3.44. The van der Waals surface area contributed by atoms with Crippen molar-refractivity contribution in [3.63, 3.8) is 0 Å². The molecule has 8 nitrogen and oxygen atoms in total. The van der Waals surface area contributed by atoms with Crippen LogP contribution in [0, 0.1) is 11.6 Å². The Morgan fingerprint density at radius 3 is 2.52 bits per heavy atom. The van der Waals surface area contributed by atoms with Gasteiger partial charge in [0.2, 0.25) is 6.41 Å². The zero-order valence-electron chi connectivity index (χ0n) is 27.2. The molecule has 2 aromatic rings. The molecule has 1 saturated carbocycles. The van der Waals surface area contributed by atoms with Gasteiger partial charge < -0.3 is 20.7 Å². The van der Waals surface area contributed by atoms with Gasteiger partial charge in [-0.15, -0.1) is 0 Å². The maximum atomic E-state index is 15.4. The number of carbonyl (C=O) groups excluding carboxylic acids is 2. The molecule has 2 unspecified atom stereocenters. The van der Waals surface area contributed by atoms with E-state index >= 15 is 4.39 Å². The number of ether oxygens (including phenoxy) is 1. The minimum Gasteiger partial charge on any atom is -0.388 e. The number of nitrogens with zero attached hydrogens (tertiary/aromatic N) is 2. The number of hydrogen-bond acceptors (Lipinski definition) is 7. The van der Waals surface area contributed by atoms with E-state index < -0.39 is 11.6 Å². The predicted octanol–water partition coefficient (Wildman–Crippen LogP) is 4.45. The number of allylic oxidation sites excluding steroid dienone is 2. The lowest BCUT2D eigenvalue weighted by atomic mass is 9.87. The molecule has 1 saturated heterocycles. The second kappa shape index (κ2) is 18.0. The summed E-state index contributed by atoms with van der Waals surface area (Å²) in [6.45, 7) is 4.16. The summed E-state index contributed by atoms with van der Waals surface area (Å²) in [4.78, 5) is 28.0. The molecule has 3 N–H and O–H groups in total. The van der Waals surface area contributed by atoms with Crippen LogP contribution in [0.3, 0.4) is 0 Å². The second-order valence-corrected chi connectivity index (χ2v) is 12.3. The molecule has 0 bridgehead atoms. The molecule has 2 atom stereocenters. The van der Waals surface area contributed by atoms with Crippen LogP contribution in [0.5, 0.6) is 0 Å². The molecule has 1 amide bonds. The quantitative estimate of drug-likeness (QED) is 0.0964. The van der Waals surface area contributed by atoms with Crippen molar-refractivity contribution in [1.29, 1.82) is 0 Å². The molecular weight excluding hydrogens is 588 g/mol. The summed E-state index contributed by atoms with van der Waals surface area (Å²) in [5, 5.41) is 9.47. The third-order valence-electron chi connectivity index (χ3n) is 9.43. The number of aldehydes is 1. The molecule has 1 aliphatic heterocycles. The number of carbonyl (C=O) groups is 2. The highest BCUT2D eigenvalue weighted by Gasteiger charge is 2.45. The van der Waals surface area contributed by atoms with E-state index in [1.165, 1.54) is 12.1 Å². The Labute approximate surface area is 272 Å². The molecule has 2 aliphatic rings. The standard InChI is InChI=1S/C36H49F2N5O3/c1-39-34(29-8-4-3-5-9-29)13-10-28(25-44)24-43-20-19-42(26-36(43)15-6-7-16-36)35(32-22-30(37)11-12-33(32)38)23-31(14-17-40-27-45)41-18-21-46-2/h3-5,8-13,22,25,27,31,35,39,41H,6-7,14-21,23-24,26H2,1-2H3,(H,40,45)/b28-10-,34-13-. The van der Waals surface area contributed by atoms with Gasteiger partial charge in [-0.1, -0.05) is 49.2 Å². The van der Waals surface area contributed by atoms with Gasteiger partial charge in [-0.25, -0.2) is 8.78 Å². The number of benzene rings is 2. The van der Waals surface area contributed by atoms with Crippen LogP contribution in [-0.4, -0.2) is 94.1 Å². The molecular formula is C36H49F2N5O3. The van der Waals surface area contributed by atoms with E-state index in [4.69, 9.17) is 4.74 Å². The van der Waals surface area contributed by atoms with Crippen molar-refractivity contribution >= 4 is 18.4 Å². The largest absolute Gasteiger partial charge is 0.388 e. The first-order valence-corrected chi connectivity index (χ1v) is 16.4. The summed E-state index contributed by atoms with van der Waals surface area (Å²) in [5.41, 5.74) is 2.84. The van der Waals surface area contributed by atoms with E-state index in [9.17, 15) is 14.0 Å². The summed E-state index contributed by atoms with van der Waals surface area (Å²) < 4.78 is 35.3. The van der Waals surface area contributed by atoms with Gasteiger partial charge in [0.05, 0.1) is 6.61 Å². The second-order valence-electron chi connectivity index (χ2n) is 12.3. The SMILES string of the molecule is CN/C(=C\C=C(/C=O)CN1CCN(C(CC(CCNC=O)NCCOC)c2cc(F)ccc2F)CC12CCCC2)c1ccccc1. The monoisotopic (exact) mass is 637 g/mol. The molecule has 0 radical (unpaired) electrons. The number of nitrogens with one attached hydrogen (secondary N) is 3. The number of piperazine rings is 1.